The Morgan fingerprint density at radius 1 is 1.28 bits per heavy atom. The lowest BCUT2D eigenvalue weighted by atomic mass is 10.1. The molecule has 1 fully saturated rings. The van der Waals surface area contributed by atoms with Crippen LogP contribution in [0.1, 0.15) is 11.6 Å². The molecule has 1 aromatic rings. The summed E-state index contributed by atoms with van der Waals surface area (Å²) in [7, 11) is -3.36. The van der Waals surface area contributed by atoms with Crippen molar-refractivity contribution < 1.29 is 18.3 Å². The summed E-state index contributed by atoms with van der Waals surface area (Å²) in [5.74, 6) is -1.62. The normalized spacial score (nSPS) is 26.7. The van der Waals surface area contributed by atoms with Gasteiger partial charge in [0.25, 0.3) is 0 Å². The molecule has 7 heteroatoms. The molecule has 2 N–H and O–H groups in total. The van der Waals surface area contributed by atoms with Gasteiger partial charge < -0.3 is 5.11 Å². The Morgan fingerprint density at radius 3 is 2.44 bits per heavy atom. The molecule has 1 aromatic carbocycles. The third-order valence-electron chi connectivity index (χ3n) is 2.81. The Hall–Kier alpha value is -1.11. The van der Waals surface area contributed by atoms with Crippen LogP contribution in [0.15, 0.2) is 24.3 Å². The number of carboxylic acids is 1. The van der Waals surface area contributed by atoms with E-state index in [1.165, 1.54) is 0 Å². The number of rotatable bonds is 2. The first kappa shape index (κ1) is 13.3. The summed E-state index contributed by atoms with van der Waals surface area (Å²) < 4.78 is 23.4. The van der Waals surface area contributed by atoms with Gasteiger partial charge in [-0.25, -0.2) is 8.42 Å². The van der Waals surface area contributed by atoms with Gasteiger partial charge in [-0.1, -0.05) is 23.7 Å². The van der Waals surface area contributed by atoms with E-state index in [-0.39, 0.29) is 11.5 Å². The lowest BCUT2D eigenvalue weighted by Gasteiger charge is -2.28. The fourth-order valence-corrected chi connectivity index (χ4v) is 3.75. The number of hydrogen-bond acceptors (Lipinski definition) is 4. The first-order valence-corrected chi connectivity index (χ1v) is 7.52. The molecule has 0 saturated carbocycles. The molecule has 5 nitrogen and oxygen atoms in total. The van der Waals surface area contributed by atoms with E-state index in [0.717, 1.165) is 0 Å². The Balaban J connectivity index is 2.27. The van der Waals surface area contributed by atoms with E-state index in [4.69, 9.17) is 16.7 Å². The standard InChI is InChI=1S/C11H12ClNO4S/c12-8-3-1-7(2-4-8)9-5-18(16,17)6-10(13-9)11(14)15/h1-4,9-10,13H,5-6H2,(H,14,15). The van der Waals surface area contributed by atoms with Crippen molar-refractivity contribution in [2.45, 2.75) is 12.1 Å². The lowest BCUT2D eigenvalue weighted by Crippen LogP contribution is -2.51. The average Bonchev–Trinajstić information content (AvgIpc) is 2.27. The largest absolute Gasteiger partial charge is 0.480 e. The maximum atomic E-state index is 11.7. The zero-order valence-electron chi connectivity index (χ0n) is 9.34. The highest BCUT2D eigenvalue weighted by Gasteiger charge is 2.35. The molecule has 0 radical (unpaired) electrons. The van der Waals surface area contributed by atoms with Gasteiger partial charge in [-0.2, -0.15) is 0 Å². The SMILES string of the molecule is O=C(O)C1CS(=O)(=O)CC(c2ccc(Cl)cc2)N1. The van der Waals surface area contributed by atoms with Gasteiger partial charge in [0.05, 0.1) is 11.5 Å². The van der Waals surface area contributed by atoms with Crippen molar-refractivity contribution in [3.63, 3.8) is 0 Å². The van der Waals surface area contributed by atoms with Crippen molar-refractivity contribution in [3.05, 3.63) is 34.9 Å². The molecule has 1 aliphatic heterocycles. The van der Waals surface area contributed by atoms with Crippen LogP contribution in [0.4, 0.5) is 0 Å². The lowest BCUT2D eigenvalue weighted by molar-refractivity contribution is -0.139. The van der Waals surface area contributed by atoms with E-state index in [1.807, 2.05) is 0 Å². The highest BCUT2D eigenvalue weighted by atomic mass is 35.5. The molecule has 2 unspecified atom stereocenters. The molecule has 1 aliphatic rings. The van der Waals surface area contributed by atoms with Crippen molar-refractivity contribution >= 4 is 27.4 Å². The molecule has 98 valence electrons. The molecule has 2 atom stereocenters. The summed E-state index contributed by atoms with van der Waals surface area (Å²) in [4.78, 5) is 10.9. The van der Waals surface area contributed by atoms with Crippen molar-refractivity contribution in [3.8, 4) is 0 Å². The molecule has 0 bridgehead atoms. The molecule has 0 spiro atoms. The summed E-state index contributed by atoms with van der Waals surface area (Å²) in [5, 5.41) is 12.3. The minimum absolute atomic E-state index is 0.0988. The van der Waals surface area contributed by atoms with Crippen LogP contribution >= 0.6 is 11.6 Å². The van der Waals surface area contributed by atoms with E-state index in [9.17, 15) is 13.2 Å². The number of carboxylic acid groups (broad SMARTS) is 1. The second-order valence-corrected chi connectivity index (χ2v) is 6.83. The summed E-state index contributed by atoms with van der Waals surface area (Å²) in [6, 6.07) is 5.11. The molecule has 2 rings (SSSR count). The van der Waals surface area contributed by atoms with E-state index < -0.39 is 27.9 Å². The molecule has 0 amide bonds. The highest BCUT2D eigenvalue weighted by molar-refractivity contribution is 7.91. The number of sulfone groups is 1. The minimum Gasteiger partial charge on any atom is -0.480 e. The van der Waals surface area contributed by atoms with Gasteiger partial charge in [-0.3, -0.25) is 10.1 Å². The Kier molecular flexibility index (Phi) is 3.61. The predicted molar refractivity (Wildman–Crippen MR) is 67.4 cm³/mol. The van der Waals surface area contributed by atoms with Crippen molar-refractivity contribution in [2.24, 2.45) is 0 Å². The molecule has 18 heavy (non-hydrogen) atoms. The third kappa shape index (κ3) is 3.01. The van der Waals surface area contributed by atoms with Crippen molar-refractivity contribution in [1.29, 1.82) is 0 Å². The van der Waals surface area contributed by atoms with Crippen LogP contribution in [0.25, 0.3) is 0 Å². The van der Waals surface area contributed by atoms with Crippen LogP contribution in [-0.2, 0) is 14.6 Å². The topological polar surface area (TPSA) is 83.5 Å². The minimum atomic E-state index is -3.36. The zero-order valence-corrected chi connectivity index (χ0v) is 10.9. The number of aliphatic carboxylic acids is 1. The Bertz CT molecular complexity index is 555. The molecule has 0 aliphatic carbocycles. The third-order valence-corrected chi connectivity index (χ3v) is 4.75. The monoisotopic (exact) mass is 289 g/mol. The van der Waals surface area contributed by atoms with Gasteiger partial charge >= 0.3 is 5.97 Å². The number of carbonyl (C=O) groups is 1. The number of hydrogen-bond donors (Lipinski definition) is 2. The maximum Gasteiger partial charge on any atom is 0.321 e. The summed E-state index contributed by atoms with van der Waals surface area (Å²) >= 11 is 5.75. The summed E-state index contributed by atoms with van der Waals surface area (Å²) in [6.07, 6.45) is 0. The molecular formula is C11H12ClNO4S. The van der Waals surface area contributed by atoms with E-state index in [2.05, 4.69) is 5.32 Å². The molecule has 1 saturated heterocycles. The fraction of sp³-hybridized carbons (Fsp3) is 0.364. The first-order valence-electron chi connectivity index (χ1n) is 5.32. The van der Waals surface area contributed by atoms with Crippen molar-refractivity contribution in [2.75, 3.05) is 11.5 Å². The number of halogens is 1. The Labute approximate surface area is 110 Å². The van der Waals surface area contributed by atoms with Gasteiger partial charge in [0.2, 0.25) is 0 Å². The van der Waals surface area contributed by atoms with Crippen LogP contribution in [-0.4, -0.2) is 37.0 Å². The van der Waals surface area contributed by atoms with Gasteiger partial charge in [-0.15, -0.1) is 0 Å². The van der Waals surface area contributed by atoms with Crippen molar-refractivity contribution in [1.82, 2.24) is 5.32 Å². The van der Waals surface area contributed by atoms with E-state index in [0.29, 0.717) is 10.6 Å². The van der Waals surface area contributed by atoms with Crippen LogP contribution < -0.4 is 5.32 Å². The van der Waals surface area contributed by atoms with E-state index >= 15 is 0 Å². The average molecular weight is 290 g/mol. The summed E-state index contributed by atoms with van der Waals surface area (Å²) in [5.41, 5.74) is 0.717. The molecule has 1 heterocycles. The van der Waals surface area contributed by atoms with Gasteiger partial charge in [0, 0.05) is 11.1 Å². The highest BCUT2D eigenvalue weighted by Crippen LogP contribution is 2.22. The second-order valence-electron chi connectivity index (χ2n) is 4.24. The maximum absolute atomic E-state index is 11.7. The number of benzene rings is 1. The summed E-state index contributed by atoms with van der Waals surface area (Å²) in [6.45, 7) is 0. The Morgan fingerprint density at radius 2 is 1.89 bits per heavy atom. The first-order chi connectivity index (χ1) is 8.37. The quantitative estimate of drug-likeness (QED) is 0.843. The van der Waals surface area contributed by atoms with E-state index in [1.54, 1.807) is 24.3 Å². The van der Waals surface area contributed by atoms with Crippen LogP contribution in [0.2, 0.25) is 5.02 Å². The van der Waals surface area contributed by atoms with Crippen LogP contribution in [0.3, 0.4) is 0 Å². The van der Waals surface area contributed by atoms with Crippen LogP contribution in [0, 0.1) is 0 Å². The van der Waals surface area contributed by atoms with Gasteiger partial charge in [0.15, 0.2) is 9.84 Å². The molecule has 0 aromatic heterocycles. The zero-order chi connectivity index (χ0) is 13.3. The van der Waals surface area contributed by atoms with Crippen LogP contribution in [0.5, 0.6) is 0 Å². The molecular weight excluding hydrogens is 278 g/mol. The smallest absolute Gasteiger partial charge is 0.321 e. The predicted octanol–water partition coefficient (Wildman–Crippen LogP) is 0.852. The fourth-order valence-electron chi connectivity index (χ4n) is 1.95. The van der Waals surface area contributed by atoms with Gasteiger partial charge in [0.1, 0.15) is 6.04 Å². The number of nitrogens with one attached hydrogen (secondary N) is 1. The van der Waals surface area contributed by atoms with Gasteiger partial charge in [-0.05, 0) is 17.7 Å². The second kappa shape index (κ2) is 4.87.